The number of hydrogen-bond donors (Lipinski definition) is 0. The number of nitrogens with zero attached hydrogens (tertiary/aromatic N) is 8. The number of hydrogen-bond acceptors (Lipinski definition) is 10. The smallest absolute Gasteiger partial charge is 0.413 e. The fourth-order valence-electron chi connectivity index (χ4n) is 2.37. The van der Waals surface area contributed by atoms with E-state index in [0.29, 0.717) is 5.75 Å². The van der Waals surface area contributed by atoms with Crippen molar-refractivity contribution in [2.24, 2.45) is 13.5 Å². The first-order chi connectivity index (χ1) is 14.6. The van der Waals surface area contributed by atoms with Crippen molar-refractivity contribution in [2.75, 3.05) is 0 Å². The topological polar surface area (TPSA) is 174 Å². The third-order valence-electron chi connectivity index (χ3n) is 3.58. The standard InChI is InChI=1S/C17H5N8O2P3/c18-6-12-13(7-19)15(9-21)17(16(10-22)14(12)8-20)27-30(24-28-23-29-25-30)26-11-4-2-1-3-5-11/h1-5H. The first-order valence-corrected chi connectivity index (χ1v) is 10.9. The molecule has 0 spiro atoms. The van der Waals surface area contributed by atoms with Crippen LogP contribution in [-0.4, -0.2) is 0 Å². The Morgan fingerprint density at radius 1 is 0.700 bits per heavy atom. The number of nitriles is 5. The van der Waals surface area contributed by atoms with Crippen molar-refractivity contribution >= 4 is 24.7 Å². The van der Waals surface area contributed by atoms with Gasteiger partial charge in [-0.1, -0.05) is 18.2 Å². The Balaban J connectivity index is 2.30. The molecule has 140 valence electrons. The molecule has 1 aliphatic heterocycles. The Morgan fingerprint density at radius 2 is 1.23 bits per heavy atom. The van der Waals surface area contributed by atoms with Gasteiger partial charge in [0.1, 0.15) is 47.2 Å². The van der Waals surface area contributed by atoms with Crippen LogP contribution in [0.2, 0.25) is 0 Å². The maximum absolute atomic E-state index is 9.64. The van der Waals surface area contributed by atoms with E-state index in [1.165, 1.54) is 0 Å². The molecule has 0 radical (unpaired) electrons. The van der Waals surface area contributed by atoms with E-state index in [0.717, 1.165) is 0 Å². The zero-order chi connectivity index (χ0) is 21.6. The molecule has 1 aliphatic rings. The van der Waals surface area contributed by atoms with Gasteiger partial charge in [0.25, 0.3) is 0 Å². The summed E-state index contributed by atoms with van der Waals surface area (Å²) in [5.74, 6) is -0.00604. The van der Waals surface area contributed by atoms with E-state index in [1.54, 1.807) is 60.7 Å². The monoisotopic (exact) mass is 446 g/mol. The van der Waals surface area contributed by atoms with Crippen LogP contribution in [0.15, 0.2) is 43.9 Å². The van der Waals surface area contributed by atoms with Gasteiger partial charge in [0.05, 0.1) is 16.7 Å². The zero-order valence-electron chi connectivity index (χ0n) is 14.6. The first-order valence-electron chi connectivity index (χ1n) is 7.75. The zero-order valence-corrected chi connectivity index (χ0v) is 17.3. The molecule has 1 heterocycles. The van der Waals surface area contributed by atoms with Crippen LogP contribution in [0, 0.1) is 56.7 Å². The van der Waals surface area contributed by atoms with E-state index in [9.17, 15) is 26.3 Å². The van der Waals surface area contributed by atoms with Crippen LogP contribution in [0.1, 0.15) is 27.8 Å². The van der Waals surface area contributed by atoms with Crippen LogP contribution in [0.25, 0.3) is 0 Å². The Kier molecular flexibility index (Phi) is 6.16. The van der Waals surface area contributed by atoms with Crippen molar-refractivity contribution in [3.8, 4) is 41.8 Å². The van der Waals surface area contributed by atoms with Gasteiger partial charge in [-0.25, -0.2) is 0 Å². The molecular formula is C17H5N8O2P3. The van der Waals surface area contributed by atoms with Crippen molar-refractivity contribution in [1.82, 2.24) is 0 Å². The molecule has 2 aromatic rings. The summed E-state index contributed by atoms with van der Waals surface area (Å²) in [6.07, 6.45) is 0. The summed E-state index contributed by atoms with van der Waals surface area (Å²) in [6, 6.07) is 17.2. The van der Waals surface area contributed by atoms with Gasteiger partial charge in [-0.3, -0.25) is 0 Å². The molecule has 30 heavy (non-hydrogen) atoms. The van der Waals surface area contributed by atoms with Gasteiger partial charge in [-0.05, 0) is 12.1 Å². The van der Waals surface area contributed by atoms with E-state index in [1.807, 2.05) is 0 Å². The summed E-state index contributed by atoms with van der Waals surface area (Å²) >= 11 is 0. The number of benzene rings is 2. The molecule has 2 aromatic carbocycles. The van der Waals surface area contributed by atoms with Gasteiger partial charge in [-0.2, -0.15) is 30.8 Å². The lowest BCUT2D eigenvalue weighted by atomic mass is 9.93. The van der Waals surface area contributed by atoms with Gasteiger partial charge < -0.3 is 9.05 Å². The predicted octanol–water partition coefficient (Wildman–Crippen LogP) is 5.55. The Morgan fingerprint density at radius 3 is 1.70 bits per heavy atom. The second-order valence-corrected chi connectivity index (χ2v) is 9.05. The maximum atomic E-state index is 9.64. The van der Waals surface area contributed by atoms with E-state index >= 15 is 0 Å². The molecule has 3 rings (SSSR count). The molecule has 10 nitrogen and oxygen atoms in total. The van der Waals surface area contributed by atoms with E-state index in [4.69, 9.17) is 9.05 Å². The molecule has 0 saturated heterocycles. The fourth-order valence-corrected chi connectivity index (χ4v) is 6.15. The highest BCUT2D eigenvalue weighted by molar-refractivity contribution is 7.65. The van der Waals surface area contributed by atoms with Crippen LogP contribution in [0.3, 0.4) is 0 Å². The largest absolute Gasteiger partial charge is 0.460 e. The second kappa shape index (κ2) is 8.95. The Bertz CT molecular complexity index is 1310. The molecule has 0 aromatic heterocycles. The molecule has 0 fully saturated rings. The van der Waals surface area contributed by atoms with Crippen LogP contribution >= 0.6 is 24.7 Å². The predicted molar refractivity (Wildman–Crippen MR) is 106 cm³/mol. The fraction of sp³-hybridized carbons (Fsp3) is 0. The van der Waals surface area contributed by atoms with Crippen LogP contribution in [0.4, 0.5) is 0 Å². The lowest BCUT2D eigenvalue weighted by Gasteiger charge is -2.22. The van der Waals surface area contributed by atoms with Crippen LogP contribution < -0.4 is 9.05 Å². The van der Waals surface area contributed by atoms with Gasteiger partial charge in [0, 0.05) is 0 Å². The van der Waals surface area contributed by atoms with Crippen molar-refractivity contribution in [3.05, 3.63) is 58.1 Å². The molecule has 0 bridgehead atoms. The third-order valence-corrected chi connectivity index (χ3v) is 7.53. The summed E-state index contributed by atoms with van der Waals surface area (Å²) in [6.45, 7) is 0. The van der Waals surface area contributed by atoms with Crippen LogP contribution in [0.5, 0.6) is 11.5 Å². The molecule has 0 amide bonds. The van der Waals surface area contributed by atoms with Crippen molar-refractivity contribution in [2.45, 2.75) is 0 Å². The normalized spacial score (nSPS) is 17.0. The highest BCUT2D eigenvalue weighted by atomic mass is 31.2. The molecule has 0 saturated carbocycles. The highest BCUT2D eigenvalue weighted by Gasteiger charge is 2.33. The Labute approximate surface area is 173 Å². The number of para-hydroxylation sites is 1. The second-order valence-electron chi connectivity index (χ2n) is 5.20. The van der Waals surface area contributed by atoms with Gasteiger partial charge >= 0.3 is 7.66 Å². The average Bonchev–Trinajstić information content (AvgIpc) is 2.78. The minimum Gasteiger partial charge on any atom is -0.413 e. The minimum atomic E-state index is -3.47. The van der Waals surface area contributed by atoms with Crippen LogP contribution in [-0.2, 0) is 0 Å². The molecule has 0 N–H and O–H groups in total. The summed E-state index contributed by atoms with van der Waals surface area (Å²) in [5, 5.41) is 47.6. The summed E-state index contributed by atoms with van der Waals surface area (Å²) in [5.41, 5.74) is -1.87. The number of rotatable bonds is 4. The molecule has 1 atom stereocenters. The third kappa shape index (κ3) is 3.75. The molecule has 13 heteroatoms. The lowest BCUT2D eigenvalue weighted by molar-refractivity contribution is 0.476. The van der Waals surface area contributed by atoms with E-state index < -0.39 is 7.66 Å². The lowest BCUT2D eigenvalue weighted by Crippen LogP contribution is -2.07. The molecule has 1 unspecified atom stereocenters. The molecule has 0 aliphatic carbocycles. The van der Waals surface area contributed by atoms with Crippen molar-refractivity contribution in [1.29, 1.82) is 26.3 Å². The summed E-state index contributed by atoms with van der Waals surface area (Å²) < 4.78 is 24.1. The van der Waals surface area contributed by atoms with Crippen molar-refractivity contribution in [3.63, 3.8) is 0 Å². The SMILES string of the molecule is N#Cc1c(C#N)c(C#N)c(OP2(Oc3ccccc3)=NP=NP=N2)c(C#N)c1C#N. The van der Waals surface area contributed by atoms with Gasteiger partial charge in [0.15, 0.2) is 22.8 Å². The highest BCUT2D eigenvalue weighted by Crippen LogP contribution is 2.60. The molecular weight excluding hydrogens is 441 g/mol. The van der Waals surface area contributed by atoms with Gasteiger partial charge in [-0.15, -0.1) is 9.03 Å². The quantitative estimate of drug-likeness (QED) is 0.553. The summed E-state index contributed by atoms with van der Waals surface area (Å²) in [4.78, 5) is 0. The average molecular weight is 446 g/mol. The maximum Gasteiger partial charge on any atom is 0.460 e. The van der Waals surface area contributed by atoms with E-state index in [-0.39, 0.29) is 50.6 Å². The van der Waals surface area contributed by atoms with Gasteiger partial charge in [0.2, 0.25) is 0 Å². The first kappa shape index (κ1) is 20.6. The van der Waals surface area contributed by atoms with E-state index in [2.05, 4.69) is 13.5 Å². The van der Waals surface area contributed by atoms with Crippen molar-refractivity contribution < 1.29 is 9.05 Å². The summed E-state index contributed by atoms with van der Waals surface area (Å²) in [7, 11) is -2.94. The Hall–Kier alpha value is -4.08. The minimum absolute atomic E-state index is 0.265.